The zero-order valence-electron chi connectivity index (χ0n) is 9.07. The predicted octanol–water partition coefficient (Wildman–Crippen LogP) is 3.93. The summed E-state index contributed by atoms with van der Waals surface area (Å²) in [7, 11) is 0. The van der Waals surface area contributed by atoms with E-state index in [9.17, 15) is 8.78 Å². The SMILES string of the molecule is Fc1cccc(-c2cnc3c(Cl)cccn23)c1F. The number of benzene rings is 1. The van der Waals surface area contributed by atoms with Crippen molar-refractivity contribution in [2.45, 2.75) is 0 Å². The maximum Gasteiger partial charge on any atom is 0.168 e. The molecule has 3 aromatic rings. The highest BCUT2D eigenvalue weighted by Gasteiger charge is 2.14. The Morgan fingerprint density at radius 1 is 1.11 bits per heavy atom. The average Bonchev–Trinajstić information content (AvgIpc) is 2.78. The smallest absolute Gasteiger partial charge is 0.168 e. The first-order valence-electron chi connectivity index (χ1n) is 5.24. The van der Waals surface area contributed by atoms with Crippen molar-refractivity contribution >= 4 is 17.2 Å². The van der Waals surface area contributed by atoms with Crippen LogP contribution in [-0.4, -0.2) is 9.38 Å². The fourth-order valence-electron chi connectivity index (χ4n) is 1.88. The van der Waals surface area contributed by atoms with Gasteiger partial charge in [-0.3, -0.25) is 4.40 Å². The molecule has 18 heavy (non-hydrogen) atoms. The number of halogens is 3. The zero-order chi connectivity index (χ0) is 12.7. The molecular weight excluding hydrogens is 258 g/mol. The minimum absolute atomic E-state index is 0.157. The van der Waals surface area contributed by atoms with Crippen LogP contribution in [0.2, 0.25) is 5.02 Å². The van der Waals surface area contributed by atoms with Gasteiger partial charge in [0.2, 0.25) is 0 Å². The summed E-state index contributed by atoms with van der Waals surface area (Å²) in [6.45, 7) is 0. The Bertz CT molecular complexity index is 737. The van der Waals surface area contributed by atoms with Gasteiger partial charge in [0.25, 0.3) is 0 Å². The lowest BCUT2D eigenvalue weighted by molar-refractivity contribution is 0.511. The fraction of sp³-hybridized carbons (Fsp3) is 0. The van der Waals surface area contributed by atoms with Crippen molar-refractivity contribution < 1.29 is 8.78 Å². The van der Waals surface area contributed by atoms with Crippen molar-refractivity contribution in [1.82, 2.24) is 9.38 Å². The first kappa shape index (κ1) is 11.2. The van der Waals surface area contributed by atoms with Gasteiger partial charge >= 0.3 is 0 Å². The summed E-state index contributed by atoms with van der Waals surface area (Å²) in [6.07, 6.45) is 3.17. The molecular formula is C13H7ClF2N2. The van der Waals surface area contributed by atoms with Gasteiger partial charge in [0.15, 0.2) is 17.3 Å². The van der Waals surface area contributed by atoms with E-state index in [2.05, 4.69) is 4.98 Å². The molecule has 0 amide bonds. The first-order chi connectivity index (χ1) is 8.68. The number of imidazole rings is 1. The molecule has 0 spiro atoms. The molecule has 0 atom stereocenters. The Hall–Kier alpha value is -1.94. The van der Waals surface area contributed by atoms with Crippen molar-refractivity contribution in [3.63, 3.8) is 0 Å². The van der Waals surface area contributed by atoms with E-state index in [1.807, 2.05) is 0 Å². The standard InChI is InChI=1S/C13H7ClF2N2/c14-9-4-2-6-18-11(7-17-13(9)18)8-3-1-5-10(15)12(8)16/h1-7H. The largest absolute Gasteiger partial charge is 0.298 e. The maximum atomic E-state index is 13.7. The Morgan fingerprint density at radius 2 is 1.94 bits per heavy atom. The van der Waals surface area contributed by atoms with Crippen LogP contribution in [-0.2, 0) is 0 Å². The molecule has 0 N–H and O–H groups in total. The summed E-state index contributed by atoms with van der Waals surface area (Å²) < 4.78 is 28.6. The number of rotatable bonds is 1. The highest BCUT2D eigenvalue weighted by atomic mass is 35.5. The summed E-state index contributed by atoms with van der Waals surface area (Å²) in [5.41, 5.74) is 1.13. The number of pyridine rings is 1. The van der Waals surface area contributed by atoms with Crippen molar-refractivity contribution in [2.24, 2.45) is 0 Å². The molecule has 0 saturated heterocycles. The van der Waals surface area contributed by atoms with E-state index in [-0.39, 0.29) is 5.56 Å². The summed E-state index contributed by atoms with van der Waals surface area (Å²) in [4.78, 5) is 4.11. The van der Waals surface area contributed by atoms with E-state index in [4.69, 9.17) is 11.6 Å². The van der Waals surface area contributed by atoms with Crippen LogP contribution in [0.5, 0.6) is 0 Å². The summed E-state index contributed by atoms with van der Waals surface area (Å²) in [5, 5.41) is 0.459. The Balaban J connectivity index is 2.33. The van der Waals surface area contributed by atoms with E-state index >= 15 is 0 Å². The zero-order valence-corrected chi connectivity index (χ0v) is 9.83. The molecule has 0 unspecified atom stereocenters. The van der Waals surface area contributed by atoms with Crippen LogP contribution in [0.3, 0.4) is 0 Å². The molecule has 0 aliphatic carbocycles. The average molecular weight is 265 g/mol. The van der Waals surface area contributed by atoms with Gasteiger partial charge in [-0.25, -0.2) is 13.8 Å². The second-order valence-corrected chi connectivity index (χ2v) is 4.20. The molecule has 3 rings (SSSR count). The molecule has 2 nitrogen and oxygen atoms in total. The minimum atomic E-state index is -0.890. The Morgan fingerprint density at radius 3 is 2.78 bits per heavy atom. The molecule has 2 heterocycles. The van der Waals surface area contributed by atoms with E-state index in [0.717, 1.165) is 6.07 Å². The third-order valence-corrected chi connectivity index (χ3v) is 3.01. The molecule has 0 saturated carbocycles. The molecule has 0 fully saturated rings. The minimum Gasteiger partial charge on any atom is -0.298 e. The van der Waals surface area contributed by atoms with Crippen molar-refractivity contribution in [3.8, 4) is 11.3 Å². The van der Waals surface area contributed by atoms with Crippen LogP contribution in [0.4, 0.5) is 8.78 Å². The van der Waals surface area contributed by atoms with E-state index in [1.54, 1.807) is 22.7 Å². The van der Waals surface area contributed by atoms with Gasteiger partial charge in [-0.1, -0.05) is 17.7 Å². The van der Waals surface area contributed by atoms with Crippen LogP contribution >= 0.6 is 11.6 Å². The number of hydrogen-bond donors (Lipinski definition) is 0. The Kier molecular flexibility index (Phi) is 2.52. The topological polar surface area (TPSA) is 17.3 Å². The van der Waals surface area contributed by atoms with E-state index in [1.165, 1.54) is 18.3 Å². The lowest BCUT2D eigenvalue weighted by atomic mass is 10.1. The first-order valence-corrected chi connectivity index (χ1v) is 5.62. The lowest BCUT2D eigenvalue weighted by Gasteiger charge is -2.04. The van der Waals surface area contributed by atoms with Crippen molar-refractivity contribution in [2.75, 3.05) is 0 Å². The van der Waals surface area contributed by atoms with Crippen LogP contribution in [0.15, 0.2) is 42.7 Å². The van der Waals surface area contributed by atoms with Gasteiger partial charge in [0.05, 0.1) is 16.9 Å². The maximum absolute atomic E-state index is 13.7. The van der Waals surface area contributed by atoms with Gasteiger partial charge in [0.1, 0.15) is 0 Å². The molecule has 0 aliphatic heterocycles. The van der Waals surface area contributed by atoms with Gasteiger partial charge < -0.3 is 0 Å². The van der Waals surface area contributed by atoms with Crippen LogP contribution in [0, 0.1) is 11.6 Å². The number of hydrogen-bond acceptors (Lipinski definition) is 1. The summed E-state index contributed by atoms with van der Waals surface area (Å²) >= 11 is 5.98. The highest BCUT2D eigenvalue weighted by Crippen LogP contribution is 2.27. The van der Waals surface area contributed by atoms with Crippen molar-refractivity contribution in [3.05, 3.63) is 59.4 Å². The predicted molar refractivity (Wildman–Crippen MR) is 65.6 cm³/mol. The molecule has 5 heteroatoms. The quantitative estimate of drug-likeness (QED) is 0.651. The summed E-state index contributed by atoms with van der Waals surface area (Å²) in [6, 6.07) is 7.45. The molecule has 0 bridgehead atoms. The third-order valence-electron chi connectivity index (χ3n) is 2.72. The lowest BCUT2D eigenvalue weighted by Crippen LogP contribution is -1.93. The van der Waals surface area contributed by atoms with E-state index < -0.39 is 11.6 Å². The molecule has 2 aromatic heterocycles. The van der Waals surface area contributed by atoms with Gasteiger partial charge in [0, 0.05) is 11.8 Å². The van der Waals surface area contributed by atoms with Gasteiger partial charge in [-0.2, -0.15) is 0 Å². The van der Waals surface area contributed by atoms with Crippen LogP contribution in [0.1, 0.15) is 0 Å². The van der Waals surface area contributed by atoms with E-state index in [0.29, 0.717) is 16.4 Å². The molecule has 1 aromatic carbocycles. The number of aromatic nitrogens is 2. The second-order valence-electron chi connectivity index (χ2n) is 3.79. The van der Waals surface area contributed by atoms with Gasteiger partial charge in [-0.15, -0.1) is 0 Å². The monoisotopic (exact) mass is 264 g/mol. The Labute approximate surface area is 106 Å². The number of nitrogens with zero attached hydrogens (tertiary/aromatic N) is 2. The molecule has 90 valence electrons. The molecule has 0 aliphatic rings. The van der Waals surface area contributed by atoms with Gasteiger partial charge in [-0.05, 0) is 24.3 Å². The van der Waals surface area contributed by atoms with Crippen molar-refractivity contribution in [1.29, 1.82) is 0 Å². The fourth-order valence-corrected chi connectivity index (χ4v) is 2.09. The van der Waals surface area contributed by atoms with Crippen LogP contribution < -0.4 is 0 Å². The highest BCUT2D eigenvalue weighted by molar-refractivity contribution is 6.33. The van der Waals surface area contributed by atoms with Crippen LogP contribution in [0.25, 0.3) is 16.9 Å². The molecule has 0 radical (unpaired) electrons. The summed E-state index contributed by atoms with van der Waals surface area (Å²) in [5.74, 6) is -1.77. The second kappa shape index (κ2) is 4.07. The third kappa shape index (κ3) is 1.57. The normalized spacial score (nSPS) is 11.1. The number of fused-ring (bicyclic) bond motifs is 1.